The van der Waals surface area contributed by atoms with E-state index < -0.39 is 5.41 Å². The van der Waals surface area contributed by atoms with Crippen LogP contribution in [-0.4, -0.2) is 4.57 Å². The second-order valence-corrected chi connectivity index (χ2v) is 14.6. The van der Waals surface area contributed by atoms with Gasteiger partial charge in [-0.2, -0.15) is 0 Å². The van der Waals surface area contributed by atoms with Crippen LogP contribution < -0.4 is 0 Å². The van der Waals surface area contributed by atoms with Gasteiger partial charge in [0.1, 0.15) is 0 Å². The Morgan fingerprint density at radius 3 is 1.90 bits per heavy atom. The summed E-state index contributed by atoms with van der Waals surface area (Å²) in [5.41, 5.74) is 17.5. The van der Waals surface area contributed by atoms with Gasteiger partial charge in [0.05, 0.1) is 10.9 Å². The van der Waals surface area contributed by atoms with E-state index in [9.17, 15) is 0 Å². The predicted molar refractivity (Wildman–Crippen MR) is 217 cm³/mol. The summed E-state index contributed by atoms with van der Waals surface area (Å²) in [6.45, 7) is 0. The molecule has 2 heteroatoms. The molecule has 7 aromatic carbocycles. The maximum atomic E-state index is 3.65. The zero-order valence-electron chi connectivity index (χ0n) is 28.1. The summed E-state index contributed by atoms with van der Waals surface area (Å²) in [5.74, 6) is 0. The van der Waals surface area contributed by atoms with Gasteiger partial charge in [-0.1, -0.05) is 155 Å². The van der Waals surface area contributed by atoms with Crippen molar-refractivity contribution in [3.8, 4) is 39.1 Å². The van der Waals surface area contributed by atoms with Gasteiger partial charge in [0, 0.05) is 26.8 Å². The molecule has 0 aliphatic heterocycles. The zero-order chi connectivity index (χ0) is 33.9. The summed E-state index contributed by atoms with van der Waals surface area (Å²) in [4.78, 5) is 0. The number of halogens is 1. The third-order valence-electron chi connectivity index (χ3n) is 11.0. The molecule has 0 N–H and O–H groups in total. The van der Waals surface area contributed by atoms with E-state index in [1.54, 1.807) is 0 Å². The van der Waals surface area contributed by atoms with E-state index >= 15 is 0 Å². The molecule has 2 aliphatic rings. The summed E-state index contributed by atoms with van der Waals surface area (Å²) in [6, 6.07) is 62.9. The van der Waals surface area contributed by atoms with Crippen molar-refractivity contribution in [3.63, 3.8) is 0 Å². The minimum Gasteiger partial charge on any atom is -0.313 e. The molecule has 0 bridgehead atoms. The van der Waals surface area contributed by atoms with Crippen molar-refractivity contribution in [1.29, 1.82) is 0 Å². The van der Waals surface area contributed by atoms with E-state index in [0.717, 1.165) is 17.3 Å². The highest BCUT2D eigenvalue weighted by Crippen LogP contribution is 2.56. The molecule has 0 spiro atoms. The first-order valence-electron chi connectivity index (χ1n) is 17.8. The first-order chi connectivity index (χ1) is 25.2. The molecule has 10 rings (SSSR count). The first-order valence-corrected chi connectivity index (χ1v) is 18.6. The number of benzene rings is 7. The molecular weight excluding hydrogens is 682 g/mol. The quantitative estimate of drug-likeness (QED) is 0.167. The smallest absolute Gasteiger partial charge is 0.0714 e. The Kier molecular flexibility index (Phi) is 7.08. The second kappa shape index (κ2) is 12.0. The van der Waals surface area contributed by atoms with Crippen LogP contribution in [0.3, 0.4) is 0 Å². The van der Waals surface area contributed by atoms with Crippen LogP contribution in [0.4, 0.5) is 0 Å². The molecule has 0 saturated carbocycles. The maximum Gasteiger partial charge on any atom is 0.0714 e. The highest BCUT2D eigenvalue weighted by atomic mass is 79.9. The lowest BCUT2D eigenvalue weighted by atomic mass is 9.67. The lowest BCUT2D eigenvalue weighted by molar-refractivity contribution is 0.766. The summed E-state index contributed by atoms with van der Waals surface area (Å²) in [5, 5.41) is 1.30. The summed E-state index contributed by atoms with van der Waals surface area (Å²) >= 11 is 3.65. The van der Waals surface area contributed by atoms with E-state index in [0.29, 0.717) is 0 Å². The average molecular weight is 717 g/mol. The molecule has 8 aromatic rings. The first kappa shape index (κ1) is 30.2. The van der Waals surface area contributed by atoms with Crippen LogP contribution in [0.5, 0.6) is 0 Å². The summed E-state index contributed by atoms with van der Waals surface area (Å²) in [6.07, 6.45) is 6.73. The standard InChI is InChI=1S/C49H34BrN/c50-39-20-12-15-35(30-39)33-13-11-14-34(29-33)36-25-28-48-44(31-36)43-22-8-10-24-47(43)51(48)40-26-27-42-41-21-7-9-23-45(41)49(46(42)32-40,37-16-3-1-4-17-37)38-18-5-2-6-19-38/h1-9,11-23,25-32H,10,24H2. The molecule has 1 aromatic heterocycles. The fourth-order valence-electron chi connectivity index (χ4n) is 8.81. The molecule has 0 radical (unpaired) electrons. The SMILES string of the molecule is Brc1cccc(-c2cccc(-c3ccc4c(c3)c3c(n4-c4ccc5c(c4)C(c4ccccc4)(c4ccccc4)c4ccccc4-5)CCC=C3)c2)c1. The van der Waals surface area contributed by atoms with Crippen LogP contribution in [0.2, 0.25) is 0 Å². The van der Waals surface area contributed by atoms with E-state index in [2.05, 4.69) is 203 Å². The van der Waals surface area contributed by atoms with Crippen LogP contribution in [0.25, 0.3) is 56.0 Å². The van der Waals surface area contributed by atoms with E-state index in [1.807, 2.05) is 0 Å². The monoisotopic (exact) mass is 715 g/mol. The molecule has 0 atom stereocenters. The van der Waals surface area contributed by atoms with Crippen molar-refractivity contribution in [3.05, 3.63) is 214 Å². The molecule has 0 saturated heterocycles. The number of rotatable bonds is 5. The Balaban J connectivity index is 1.18. The number of hydrogen-bond donors (Lipinski definition) is 0. The molecular formula is C49H34BrN. The van der Waals surface area contributed by atoms with Crippen molar-refractivity contribution in [2.24, 2.45) is 0 Å². The maximum absolute atomic E-state index is 3.65. The van der Waals surface area contributed by atoms with Gasteiger partial charge in [0.15, 0.2) is 0 Å². The van der Waals surface area contributed by atoms with Gasteiger partial charge in [-0.3, -0.25) is 0 Å². The third-order valence-corrected chi connectivity index (χ3v) is 11.5. The Morgan fingerprint density at radius 2 is 1.16 bits per heavy atom. The topological polar surface area (TPSA) is 4.93 Å². The second-order valence-electron chi connectivity index (χ2n) is 13.7. The molecule has 1 heterocycles. The van der Waals surface area contributed by atoms with Gasteiger partial charge < -0.3 is 4.57 Å². The Labute approximate surface area is 307 Å². The van der Waals surface area contributed by atoms with Gasteiger partial charge in [0.2, 0.25) is 0 Å². The number of hydrogen-bond acceptors (Lipinski definition) is 0. The van der Waals surface area contributed by atoms with Gasteiger partial charge in [0.25, 0.3) is 0 Å². The minimum atomic E-state index is -0.431. The Morgan fingerprint density at radius 1 is 0.510 bits per heavy atom. The van der Waals surface area contributed by atoms with Crippen molar-refractivity contribution in [2.75, 3.05) is 0 Å². The van der Waals surface area contributed by atoms with Crippen LogP contribution in [0.1, 0.15) is 39.9 Å². The highest BCUT2D eigenvalue weighted by molar-refractivity contribution is 9.10. The van der Waals surface area contributed by atoms with Gasteiger partial charge in [-0.25, -0.2) is 0 Å². The van der Waals surface area contributed by atoms with E-state index in [1.165, 1.54) is 83.5 Å². The van der Waals surface area contributed by atoms with Crippen molar-refractivity contribution >= 4 is 32.9 Å². The van der Waals surface area contributed by atoms with Crippen LogP contribution in [0, 0.1) is 0 Å². The van der Waals surface area contributed by atoms with Crippen molar-refractivity contribution < 1.29 is 0 Å². The number of allylic oxidation sites excluding steroid dienone is 1. The van der Waals surface area contributed by atoms with Crippen LogP contribution in [0.15, 0.2) is 180 Å². The van der Waals surface area contributed by atoms with E-state index in [4.69, 9.17) is 0 Å². The van der Waals surface area contributed by atoms with Crippen LogP contribution >= 0.6 is 15.9 Å². The average Bonchev–Trinajstić information content (AvgIpc) is 3.69. The van der Waals surface area contributed by atoms with Crippen LogP contribution in [-0.2, 0) is 11.8 Å². The Bertz CT molecular complexity index is 2600. The molecule has 0 unspecified atom stereocenters. The fourth-order valence-corrected chi connectivity index (χ4v) is 9.21. The predicted octanol–water partition coefficient (Wildman–Crippen LogP) is 13.0. The number of fused-ring (bicyclic) bond motifs is 6. The fraction of sp³-hybridized carbons (Fsp3) is 0.0612. The number of nitrogens with zero attached hydrogens (tertiary/aromatic N) is 1. The Hall–Kier alpha value is -5.70. The van der Waals surface area contributed by atoms with Gasteiger partial charge >= 0.3 is 0 Å². The lowest BCUT2D eigenvalue weighted by Crippen LogP contribution is -2.28. The largest absolute Gasteiger partial charge is 0.313 e. The molecule has 2 aliphatic carbocycles. The lowest BCUT2D eigenvalue weighted by Gasteiger charge is -2.34. The zero-order valence-corrected chi connectivity index (χ0v) is 29.6. The molecule has 242 valence electrons. The summed E-state index contributed by atoms with van der Waals surface area (Å²) in [7, 11) is 0. The third kappa shape index (κ3) is 4.67. The summed E-state index contributed by atoms with van der Waals surface area (Å²) < 4.78 is 3.63. The van der Waals surface area contributed by atoms with Gasteiger partial charge in [-0.05, 0) is 111 Å². The molecule has 0 amide bonds. The minimum absolute atomic E-state index is 0.431. The number of aromatic nitrogens is 1. The van der Waals surface area contributed by atoms with Crippen molar-refractivity contribution in [2.45, 2.75) is 18.3 Å². The van der Waals surface area contributed by atoms with Gasteiger partial charge in [-0.15, -0.1) is 0 Å². The normalized spacial score (nSPS) is 13.9. The molecule has 1 nitrogen and oxygen atoms in total. The van der Waals surface area contributed by atoms with Crippen molar-refractivity contribution in [1.82, 2.24) is 4.57 Å². The highest BCUT2D eigenvalue weighted by Gasteiger charge is 2.46. The molecule has 0 fully saturated rings. The molecule has 51 heavy (non-hydrogen) atoms. The van der Waals surface area contributed by atoms with E-state index in [-0.39, 0.29) is 0 Å².